The second-order valence-electron chi connectivity index (χ2n) is 13.2. The van der Waals surface area contributed by atoms with E-state index in [2.05, 4.69) is 16.6 Å². The summed E-state index contributed by atoms with van der Waals surface area (Å²) in [5.41, 5.74) is 0.818. The van der Waals surface area contributed by atoms with Crippen LogP contribution in [0.5, 0.6) is 0 Å². The molecule has 0 heterocycles. The van der Waals surface area contributed by atoms with Crippen molar-refractivity contribution in [1.29, 1.82) is 0 Å². The third-order valence-corrected chi connectivity index (χ3v) is 10.6. The first-order valence-corrected chi connectivity index (χ1v) is 18.5. The molecule has 4 N–H and O–H groups in total. The van der Waals surface area contributed by atoms with E-state index >= 15 is 0 Å². The van der Waals surface area contributed by atoms with Gasteiger partial charge >= 0.3 is 0 Å². The smallest absolute Gasteiger partial charge is 0.242 e. The Labute approximate surface area is 271 Å². The maximum atomic E-state index is 13.8. The highest BCUT2D eigenvalue weighted by atomic mass is 32.2. The highest BCUT2D eigenvalue weighted by molar-refractivity contribution is 7.91. The number of carbonyl (C=O) groups is 2. The van der Waals surface area contributed by atoms with Gasteiger partial charge in [0.2, 0.25) is 11.8 Å². The summed E-state index contributed by atoms with van der Waals surface area (Å²) in [6, 6.07) is 7.50. The van der Waals surface area contributed by atoms with Crippen LogP contribution in [0.3, 0.4) is 0 Å². The van der Waals surface area contributed by atoms with E-state index in [1.165, 1.54) is 6.42 Å². The molecule has 0 unspecified atom stereocenters. The predicted molar refractivity (Wildman–Crippen MR) is 180 cm³/mol. The van der Waals surface area contributed by atoms with Crippen LogP contribution in [0.1, 0.15) is 84.1 Å². The summed E-state index contributed by atoms with van der Waals surface area (Å²) in [7, 11) is -1.74. The lowest BCUT2D eigenvalue weighted by atomic mass is 9.82. The van der Waals surface area contributed by atoms with Crippen LogP contribution >= 0.6 is 0 Å². The van der Waals surface area contributed by atoms with E-state index < -0.39 is 51.9 Å². The number of nitrogens with one attached hydrogen (secondary N) is 2. The van der Waals surface area contributed by atoms with E-state index in [4.69, 9.17) is 6.42 Å². The number of hydrogen-bond donors (Lipinski definition) is 4. The minimum atomic E-state index is -3.59. The molecule has 254 valence electrons. The first-order valence-electron chi connectivity index (χ1n) is 16.7. The van der Waals surface area contributed by atoms with E-state index in [-0.39, 0.29) is 36.7 Å². The fourth-order valence-electron chi connectivity index (χ4n) is 5.99. The zero-order valence-corrected chi connectivity index (χ0v) is 28.6. The highest BCUT2D eigenvalue weighted by Gasteiger charge is 2.34. The molecule has 0 aromatic heterocycles. The Morgan fingerprint density at radius 2 is 1.73 bits per heavy atom. The minimum Gasteiger partial charge on any atom is -0.390 e. The molecular formula is C35H57N3O6S. The molecule has 1 aliphatic rings. The molecule has 9 nitrogen and oxygen atoms in total. The van der Waals surface area contributed by atoms with Crippen LogP contribution in [0.4, 0.5) is 0 Å². The molecule has 1 aliphatic carbocycles. The number of terminal acetylenes is 1. The van der Waals surface area contributed by atoms with Gasteiger partial charge in [-0.15, -0.1) is 12.3 Å². The van der Waals surface area contributed by atoms with Gasteiger partial charge in [-0.1, -0.05) is 83.2 Å². The molecule has 1 saturated carbocycles. The number of aliphatic hydroxyl groups is 2. The molecule has 2 rings (SSSR count). The van der Waals surface area contributed by atoms with Crippen molar-refractivity contribution >= 4 is 21.7 Å². The van der Waals surface area contributed by atoms with Gasteiger partial charge in [0, 0.05) is 13.0 Å². The quantitative estimate of drug-likeness (QED) is 0.160. The van der Waals surface area contributed by atoms with Crippen LogP contribution in [0, 0.1) is 30.1 Å². The maximum Gasteiger partial charge on any atom is 0.242 e. The zero-order chi connectivity index (χ0) is 33.4. The van der Waals surface area contributed by atoms with Crippen molar-refractivity contribution < 1.29 is 28.2 Å². The van der Waals surface area contributed by atoms with Crippen LogP contribution in [0.25, 0.3) is 0 Å². The van der Waals surface area contributed by atoms with E-state index in [9.17, 15) is 28.2 Å². The van der Waals surface area contributed by atoms with Gasteiger partial charge in [-0.2, -0.15) is 0 Å². The number of aliphatic hydroxyl groups excluding tert-OH is 2. The minimum absolute atomic E-state index is 0.0731. The van der Waals surface area contributed by atoms with E-state index in [0.717, 1.165) is 31.2 Å². The number of rotatable bonds is 20. The Kier molecular flexibility index (Phi) is 17.2. The van der Waals surface area contributed by atoms with Crippen molar-refractivity contribution in [3.63, 3.8) is 0 Å². The molecular weight excluding hydrogens is 590 g/mol. The van der Waals surface area contributed by atoms with Crippen molar-refractivity contribution in [2.24, 2.45) is 17.8 Å². The van der Waals surface area contributed by atoms with Gasteiger partial charge in [0.15, 0.2) is 9.84 Å². The van der Waals surface area contributed by atoms with Gasteiger partial charge in [-0.05, 0) is 56.7 Å². The molecule has 0 aliphatic heterocycles. The monoisotopic (exact) mass is 647 g/mol. The lowest BCUT2D eigenvalue weighted by molar-refractivity contribution is -0.132. The van der Waals surface area contributed by atoms with Crippen LogP contribution in [0.2, 0.25) is 0 Å². The largest absolute Gasteiger partial charge is 0.390 e. The average Bonchev–Trinajstić information content (AvgIpc) is 3.01. The van der Waals surface area contributed by atoms with Crippen LogP contribution in [-0.2, 0) is 25.8 Å². The second kappa shape index (κ2) is 19.9. The Bertz CT molecular complexity index is 1160. The lowest BCUT2D eigenvalue weighted by Gasteiger charge is -2.33. The van der Waals surface area contributed by atoms with Crippen molar-refractivity contribution in [3.05, 3.63) is 35.9 Å². The molecule has 45 heavy (non-hydrogen) atoms. The Hall–Kier alpha value is -2.45. The first-order chi connectivity index (χ1) is 21.3. The maximum absolute atomic E-state index is 13.8. The van der Waals surface area contributed by atoms with Gasteiger partial charge in [0.1, 0.15) is 12.1 Å². The molecule has 10 heteroatoms. The fraction of sp³-hybridized carbons (Fsp3) is 0.714. The van der Waals surface area contributed by atoms with Crippen LogP contribution in [-0.4, -0.2) is 91.3 Å². The van der Waals surface area contributed by atoms with Crippen molar-refractivity contribution in [2.75, 3.05) is 31.6 Å². The molecule has 0 saturated heterocycles. The molecule has 0 bridgehead atoms. The average molecular weight is 648 g/mol. The topological polar surface area (TPSA) is 136 Å². The lowest BCUT2D eigenvalue weighted by Crippen LogP contribution is -2.56. The van der Waals surface area contributed by atoms with Crippen LogP contribution < -0.4 is 10.6 Å². The molecule has 5 atom stereocenters. The third-order valence-electron chi connectivity index (χ3n) is 8.84. The van der Waals surface area contributed by atoms with Crippen LogP contribution in [0.15, 0.2) is 30.3 Å². The molecule has 1 fully saturated rings. The molecule has 0 radical (unpaired) electrons. The molecule has 0 spiro atoms. The summed E-state index contributed by atoms with van der Waals surface area (Å²) < 4.78 is 26.3. The Balaban J connectivity index is 2.27. The van der Waals surface area contributed by atoms with Gasteiger partial charge in [-0.25, -0.2) is 8.42 Å². The number of nitrogens with zero attached hydrogens (tertiary/aromatic N) is 1. The third kappa shape index (κ3) is 14.7. The fourth-order valence-corrected chi connectivity index (χ4v) is 7.63. The molecule has 1 aromatic rings. The summed E-state index contributed by atoms with van der Waals surface area (Å²) in [5.74, 6) is 0.629. The van der Waals surface area contributed by atoms with E-state index in [0.29, 0.717) is 31.8 Å². The number of hydrogen-bond acceptors (Lipinski definition) is 7. The predicted octanol–water partition coefficient (Wildman–Crippen LogP) is 3.33. The van der Waals surface area contributed by atoms with Gasteiger partial charge in [0.25, 0.3) is 0 Å². The van der Waals surface area contributed by atoms with Gasteiger partial charge in [0.05, 0.1) is 29.6 Å². The zero-order valence-electron chi connectivity index (χ0n) is 27.8. The van der Waals surface area contributed by atoms with Crippen molar-refractivity contribution in [2.45, 2.75) is 109 Å². The van der Waals surface area contributed by atoms with Gasteiger partial charge < -0.3 is 25.7 Å². The molecule has 1 aromatic carbocycles. The number of amides is 2. The van der Waals surface area contributed by atoms with Gasteiger partial charge in [-0.3, -0.25) is 9.59 Å². The summed E-state index contributed by atoms with van der Waals surface area (Å²) in [5, 5.41) is 27.7. The SMILES string of the molecule is C#CCC[C@H](NC(=O)[C@H](Cc1ccccc1)CS(=O)(=O)CCN(C)CC)C(=O)N[C@@H](CC1CCCCC1)[C@@H](O)[C@@H](O)CC(C)C. The van der Waals surface area contributed by atoms with Crippen molar-refractivity contribution in [1.82, 2.24) is 15.5 Å². The van der Waals surface area contributed by atoms with E-state index in [1.54, 1.807) is 0 Å². The standard InChI is InChI=1S/C35H57N3O6S/c1-6-8-19-30(35(42)37-31(24-28-17-13-10-14-18-28)33(40)32(39)22-26(3)4)36-34(41)29(23-27-15-11-9-12-16-27)25-45(43,44)21-20-38(5)7-2/h1,9,11-12,15-16,26,28-33,39-40H,7-8,10,13-14,17-25H2,2-5H3,(H,36,41)(H,37,42)/t29-,30+,31+,32+,33-/m1/s1. The summed E-state index contributed by atoms with van der Waals surface area (Å²) in [6.07, 6.45) is 10.2. The Morgan fingerprint density at radius 1 is 1.07 bits per heavy atom. The summed E-state index contributed by atoms with van der Waals surface area (Å²) >= 11 is 0. The first kappa shape index (κ1) is 38.7. The molecule has 2 amide bonds. The Morgan fingerprint density at radius 3 is 2.33 bits per heavy atom. The number of sulfone groups is 1. The summed E-state index contributed by atoms with van der Waals surface area (Å²) in [6.45, 7) is 6.94. The number of carbonyl (C=O) groups excluding carboxylic acids is 2. The highest BCUT2D eigenvalue weighted by Crippen LogP contribution is 2.29. The number of benzene rings is 1. The van der Waals surface area contributed by atoms with Crippen molar-refractivity contribution in [3.8, 4) is 12.3 Å². The normalized spacial score (nSPS) is 17.7. The summed E-state index contributed by atoms with van der Waals surface area (Å²) in [4.78, 5) is 29.4. The second-order valence-corrected chi connectivity index (χ2v) is 15.5. The van der Waals surface area contributed by atoms with E-state index in [1.807, 2.05) is 63.1 Å².